The minimum absolute atomic E-state index is 0.00262. The maximum Gasteiger partial charge on any atom is 0.187 e. The molecule has 28 heavy (non-hydrogen) atoms. The van der Waals surface area contributed by atoms with E-state index in [4.69, 9.17) is 0 Å². The molecule has 2 aromatic carbocycles. The third-order valence-electron chi connectivity index (χ3n) is 3.80. The lowest BCUT2D eigenvalue weighted by Crippen LogP contribution is -2.03. The van der Waals surface area contributed by atoms with E-state index in [1.54, 1.807) is 59.6 Å². The number of Topliss-reactive ketones (excluding diaryl/α,β-unsaturated/α-hetero) is 3. The van der Waals surface area contributed by atoms with Crippen molar-refractivity contribution in [2.45, 2.75) is 20.8 Å². The normalized spacial score (nSPS) is 10.0. The predicted molar refractivity (Wildman–Crippen MR) is 110 cm³/mol. The van der Waals surface area contributed by atoms with Gasteiger partial charge in [-0.2, -0.15) is 0 Å². The Morgan fingerprint density at radius 3 is 1.14 bits per heavy atom. The Kier molecular flexibility index (Phi) is 8.69. The zero-order valence-electron chi connectivity index (χ0n) is 16.9. The van der Waals surface area contributed by atoms with Gasteiger partial charge in [-0.3, -0.25) is 19.2 Å². The number of hydrogen-bond acceptors (Lipinski definition) is 5. The fraction of sp³-hybridized carbons (Fsp3) is 0.217. The first-order chi connectivity index (χ1) is 13.1. The van der Waals surface area contributed by atoms with Crippen LogP contribution in [-0.2, 0) is 0 Å². The second-order valence-corrected chi connectivity index (χ2v) is 6.47. The van der Waals surface area contributed by atoms with Crippen LogP contribution in [0, 0.1) is 0 Å². The molecule has 2 rings (SSSR count). The molecule has 0 saturated heterocycles. The number of hydrogen-bond donors (Lipinski definition) is 0. The van der Waals surface area contributed by atoms with Crippen LogP contribution >= 0.6 is 0 Å². The molecule has 0 fully saturated rings. The Balaban J connectivity index is 0.000000292. The number of carbonyl (C=O) groups excluding carboxylic acids is 4. The quantitative estimate of drug-likeness (QED) is 0.554. The van der Waals surface area contributed by atoms with Crippen LogP contribution in [0.25, 0.3) is 0 Å². The fourth-order valence-corrected chi connectivity index (χ4v) is 2.12. The van der Waals surface area contributed by atoms with Crippen LogP contribution in [-0.4, -0.2) is 42.1 Å². The van der Waals surface area contributed by atoms with Crippen molar-refractivity contribution >= 4 is 23.1 Å². The van der Waals surface area contributed by atoms with Crippen molar-refractivity contribution in [3.63, 3.8) is 0 Å². The summed E-state index contributed by atoms with van der Waals surface area (Å²) in [5, 5.41) is 0. The highest BCUT2D eigenvalue weighted by Crippen LogP contribution is 2.07. The zero-order valence-corrected chi connectivity index (χ0v) is 16.9. The average molecular weight is 379 g/mol. The molecule has 0 aliphatic heterocycles. The van der Waals surface area contributed by atoms with Crippen LogP contribution in [0.15, 0.2) is 60.8 Å². The zero-order chi connectivity index (χ0) is 21.3. The molecule has 5 heteroatoms. The van der Waals surface area contributed by atoms with E-state index in [9.17, 15) is 19.2 Å². The van der Waals surface area contributed by atoms with Gasteiger partial charge < -0.3 is 4.90 Å². The maximum atomic E-state index is 11.6. The largest absolute Gasteiger partial charge is 0.383 e. The number of nitrogens with zero attached hydrogens (tertiary/aromatic N) is 1. The number of carbonyl (C=O) groups is 4. The lowest BCUT2D eigenvalue weighted by atomic mass is 10.1. The number of rotatable bonds is 6. The second kappa shape index (κ2) is 10.7. The SMILES string of the molecule is CC(=O)c1ccc(C(=O)/C=C/N(C)C)cc1.CC(=O)c1ccc(C(C)=O)cc1. The van der Waals surface area contributed by atoms with E-state index in [-0.39, 0.29) is 23.1 Å². The van der Waals surface area contributed by atoms with Gasteiger partial charge in [0.1, 0.15) is 0 Å². The highest BCUT2D eigenvalue weighted by atomic mass is 16.1. The third kappa shape index (κ3) is 7.50. The monoisotopic (exact) mass is 379 g/mol. The summed E-state index contributed by atoms with van der Waals surface area (Å²) in [5.41, 5.74) is 2.48. The Labute approximate surface area is 165 Å². The van der Waals surface area contributed by atoms with Crippen LogP contribution in [0.4, 0.5) is 0 Å². The molecular formula is C23H25NO4. The summed E-state index contributed by atoms with van der Waals surface area (Å²) in [6.07, 6.45) is 3.20. The summed E-state index contributed by atoms with van der Waals surface area (Å²) in [4.78, 5) is 46.1. The summed E-state index contributed by atoms with van der Waals surface area (Å²) in [7, 11) is 3.70. The number of ketones is 4. The Hall–Kier alpha value is -3.34. The summed E-state index contributed by atoms with van der Waals surface area (Å²) in [5.74, 6) is -0.0261. The summed E-state index contributed by atoms with van der Waals surface area (Å²) < 4.78 is 0. The van der Waals surface area contributed by atoms with Crippen molar-refractivity contribution in [3.8, 4) is 0 Å². The Morgan fingerprint density at radius 2 is 0.893 bits per heavy atom. The van der Waals surface area contributed by atoms with E-state index in [0.29, 0.717) is 22.3 Å². The van der Waals surface area contributed by atoms with Gasteiger partial charge in [-0.05, 0) is 20.8 Å². The first kappa shape index (κ1) is 22.7. The molecule has 0 unspecified atom stereocenters. The second-order valence-electron chi connectivity index (χ2n) is 6.47. The van der Waals surface area contributed by atoms with E-state index >= 15 is 0 Å². The first-order valence-electron chi connectivity index (χ1n) is 8.73. The molecule has 0 amide bonds. The number of allylic oxidation sites excluding steroid dienone is 1. The van der Waals surface area contributed by atoms with Crippen LogP contribution in [0.1, 0.15) is 62.2 Å². The molecule has 0 atom stereocenters. The van der Waals surface area contributed by atoms with Crippen molar-refractivity contribution < 1.29 is 19.2 Å². The van der Waals surface area contributed by atoms with Crippen molar-refractivity contribution in [2.24, 2.45) is 0 Å². The highest BCUT2D eigenvalue weighted by molar-refractivity contribution is 6.05. The average Bonchev–Trinajstić information content (AvgIpc) is 2.66. The molecule has 2 aromatic rings. The fourth-order valence-electron chi connectivity index (χ4n) is 2.12. The van der Waals surface area contributed by atoms with E-state index in [1.165, 1.54) is 26.8 Å². The summed E-state index contributed by atoms with van der Waals surface area (Å²) in [6, 6.07) is 13.3. The summed E-state index contributed by atoms with van der Waals surface area (Å²) in [6.45, 7) is 4.51. The minimum Gasteiger partial charge on any atom is -0.383 e. The molecule has 0 N–H and O–H groups in total. The smallest absolute Gasteiger partial charge is 0.187 e. The first-order valence-corrected chi connectivity index (χ1v) is 8.73. The van der Waals surface area contributed by atoms with Crippen LogP contribution < -0.4 is 0 Å². The lowest BCUT2D eigenvalue weighted by Gasteiger charge is -2.03. The van der Waals surface area contributed by atoms with Gasteiger partial charge in [-0.1, -0.05) is 48.5 Å². The molecule has 146 valence electrons. The molecular weight excluding hydrogens is 354 g/mol. The van der Waals surface area contributed by atoms with E-state index in [2.05, 4.69) is 0 Å². The molecule has 0 aromatic heterocycles. The van der Waals surface area contributed by atoms with Gasteiger partial charge in [0, 0.05) is 48.6 Å². The van der Waals surface area contributed by atoms with E-state index in [0.717, 1.165) is 0 Å². The van der Waals surface area contributed by atoms with Gasteiger partial charge in [-0.25, -0.2) is 0 Å². The molecule has 0 bridgehead atoms. The van der Waals surface area contributed by atoms with Crippen molar-refractivity contribution in [2.75, 3.05) is 14.1 Å². The molecule has 0 saturated carbocycles. The summed E-state index contributed by atoms with van der Waals surface area (Å²) >= 11 is 0. The van der Waals surface area contributed by atoms with Crippen LogP contribution in [0.5, 0.6) is 0 Å². The topological polar surface area (TPSA) is 71.5 Å². The molecule has 5 nitrogen and oxygen atoms in total. The Morgan fingerprint density at radius 1 is 0.607 bits per heavy atom. The van der Waals surface area contributed by atoms with Gasteiger partial charge in [0.15, 0.2) is 23.1 Å². The molecule has 0 spiro atoms. The lowest BCUT2D eigenvalue weighted by molar-refractivity contribution is 0.100. The van der Waals surface area contributed by atoms with Crippen molar-refractivity contribution in [1.29, 1.82) is 0 Å². The third-order valence-corrected chi connectivity index (χ3v) is 3.80. The van der Waals surface area contributed by atoms with Gasteiger partial charge >= 0.3 is 0 Å². The standard InChI is InChI=1S/C13H15NO2.C10H10O2/c1-10(15)11-4-6-12(7-5-11)13(16)8-9-14(2)3;1-7(11)9-3-5-10(6-4-9)8(2)12/h4-9H,1-3H3;3-6H,1-2H3/b9-8+;. The van der Waals surface area contributed by atoms with Crippen LogP contribution in [0.2, 0.25) is 0 Å². The molecule has 0 radical (unpaired) electrons. The Bertz CT molecular complexity index is 843. The molecule has 0 aliphatic rings. The van der Waals surface area contributed by atoms with Crippen molar-refractivity contribution in [3.05, 3.63) is 83.1 Å². The van der Waals surface area contributed by atoms with Gasteiger partial charge in [0.25, 0.3) is 0 Å². The maximum absolute atomic E-state index is 11.6. The predicted octanol–water partition coefficient (Wildman–Crippen LogP) is 4.24. The van der Waals surface area contributed by atoms with Crippen LogP contribution in [0.3, 0.4) is 0 Å². The van der Waals surface area contributed by atoms with E-state index < -0.39 is 0 Å². The molecule has 0 heterocycles. The van der Waals surface area contributed by atoms with Gasteiger partial charge in [-0.15, -0.1) is 0 Å². The minimum atomic E-state index is -0.0659. The highest BCUT2D eigenvalue weighted by Gasteiger charge is 2.03. The van der Waals surface area contributed by atoms with Gasteiger partial charge in [0.05, 0.1) is 0 Å². The van der Waals surface area contributed by atoms with Crippen molar-refractivity contribution in [1.82, 2.24) is 4.90 Å². The van der Waals surface area contributed by atoms with Gasteiger partial charge in [0.2, 0.25) is 0 Å². The van der Waals surface area contributed by atoms with E-state index in [1.807, 2.05) is 14.1 Å². The molecule has 0 aliphatic carbocycles. The number of benzene rings is 2.